The van der Waals surface area contributed by atoms with Crippen LogP contribution in [0, 0.1) is 11.8 Å². The monoisotopic (exact) mass is 540 g/mol. The molecule has 8 N–H and O–H groups in total. The second-order valence-electron chi connectivity index (χ2n) is 9.22. The fraction of sp³-hybridized carbons (Fsp3) is 0.538. The van der Waals surface area contributed by atoms with E-state index < -0.39 is 61.9 Å². The largest absolute Gasteiger partial charge is 0.504 e. The summed E-state index contributed by atoms with van der Waals surface area (Å²) in [5.41, 5.74) is 1.04. The van der Waals surface area contributed by atoms with Crippen LogP contribution in [0.25, 0.3) is 0 Å². The van der Waals surface area contributed by atoms with Gasteiger partial charge in [0.15, 0.2) is 29.3 Å². The third-order valence-corrected chi connectivity index (χ3v) is 6.83. The normalized spacial score (nSPS) is 25.9. The van der Waals surface area contributed by atoms with E-state index in [0.29, 0.717) is 11.1 Å². The Bertz CT molecular complexity index is 1030. The highest BCUT2D eigenvalue weighted by Gasteiger charge is 2.44. The predicted octanol–water partition coefficient (Wildman–Crippen LogP) is -0.568. The van der Waals surface area contributed by atoms with Gasteiger partial charge in [-0.3, -0.25) is 0 Å². The molecule has 0 aliphatic carbocycles. The Balaban J connectivity index is 1.89. The van der Waals surface area contributed by atoms with Crippen LogP contribution in [0.5, 0.6) is 23.0 Å². The van der Waals surface area contributed by atoms with Gasteiger partial charge >= 0.3 is 0 Å². The Labute approximate surface area is 219 Å². The molecule has 0 saturated carbocycles. The Morgan fingerprint density at radius 3 is 2.11 bits per heavy atom. The summed E-state index contributed by atoms with van der Waals surface area (Å²) in [5, 5.41) is 81.4. The van der Waals surface area contributed by atoms with Gasteiger partial charge in [-0.25, -0.2) is 0 Å². The molecule has 12 heteroatoms. The van der Waals surface area contributed by atoms with Crippen molar-refractivity contribution in [1.29, 1.82) is 0 Å². The molecule has 1 heterocycles. The summed E-state index contributed by atoms with van der Waals surface area (Å²) in [4.78, 5) is 0. The van der Waals surface area contributed by atoms with Crippen LogP contribution in [0.2, 0.25) is 0 Å². The summed E-state index contributed by atoms with van der Waals surface area (Å²) in [6.07, 6.45) is -8.40. The van der Waals surface area contributed by atoms with E-state index in [9.17, 15) is 40.9 Å². The molecular weight excluding hydrogens is 504 g/mol. The summed E-state index contributed by atoms with van der Waals surface area (Å²) >= 11 is 0. The lowest BCUT2D eigenvalue weighted by Gasteiger charge is -2.40. The molecule has 12 nitrogen and oxygen atoms in total. The molecule has 2 aromatic rings. The van der Waals surface area contributed by atoms with Crippen molar-refractivity contribution < 1.29 is 59.8 Å². The Kier molecular flexibility index (Phi) is 10.5. The summed E-state index contributed by atoms with van der Waals surface area (Å²) in [5.74, 6) is -1.30. The first kappa shape index (κ1) is 29.9. The molecule has 0 bridgehead atoms. The molecule has 0 unspecified atom stereocenters. The zero-order valence-corrected chi connectivity index (χ0v) is 21.1. The predicted molar refractivity (Wildman–Crippen MR) is 132 cm³/mol. The fourth-order valence-electron chi connectivity index (χ4n) is 4.54. The lowest BCUT2D eigenvalue weighted by molar-refractivity contribution is -0.304. The van der Waals surface area contributed by atoms with Crippen molar-refractivity contribution in [2.45, 2.75) is 43.2 Å². The molecular formula is C26H36O12. The van der Waals surface area contributed by atoms with Gasteiger partial charge in [-0.05, 0) is 47.7 Å². The molecule has 212 valence electrons. The van der Waals surface area contributed by atoms with Crippen molar-refractivity contribution in [3.05, 3.63) is 47.5 Å². The van der Waals surface area contributed by atoms with Gasteiger partial charge in [-0.15, -0.1) is 0 Å². The van der Waals surface area contributed by atoms with Crippen molar-refractivity contribution in [1.82, 2.24) is 0 Å². The minimum absolute atomic E-state index is 0.0692. The Morgan fingerprint density at radius 1 is 0.868 bits per heavy atom. The number of hydrogen-bond acceptors (Lipinski definition) is 12. The minimum Gasteiger partial charge on any atom is -0.504 e. The Morgan fingerprint density at radius 2 is 1.50 bits per heavy atom. The first-order chi connectivity index (χ1) is 18.1. The van der Waals surface area contributed by atoms with Crippen LogP contribution in [0.15, 0.2) is 36.4 Å². The molecule has 1 fully saturated rings. The molecule has 8 atom stereocenters. The molecule has 0 radical (unpaired) electrons. The van der Waals surface area contributed by atoms with E-state index in [4.69, 9.17) is 18.9 Å². The zero-order chi connectivity index (χ0) is 28.0. The number of aromatic hydroxyl groups is 2. The summed E-state index contributed by atoms with van der Waals surface area (Å²) < 4.78 is 21.5. The number of aliphatic hydroxyl groups is 6. The third-order valence-electron chi connectivity index (χ3n) is 6.83. The topological polar surface area (TPSA) is 199 Å². The van der Waals surface area contributed by atoms with E-state index in [0.717, 1.165) is 0 Å². The second-order valence-corrected chi connectivity index (χ2v) is 9.22. The van der Waals surface area contributed by atoms with Gasteiger partial charge in [0.25, 0.3) is 0 Å². The van der Waals surface area contributed by atoms with E-state index in [-0.39, 0.29) is 36.0 Å². The molecule has 0 aromatic heterocycles. The maximum atomic E-state index is 11.2. The van der Waals surface area contributed by atoms with E-state index in [1.165, 1.54) is 38.5 Å². The van der Waals surface area contributed by atoms with Crippen LogP contribution >= 0.6 is 0 Å². The van der Waals surface area contributed by atoms with Gasteiger partial charge < -0.3 is 59.8 Å². The smallest absolute Gasteiger partial charge is 0.186 e. The van der Waals surface area contributed by atoms with Gasteiger partial charge in [0.2, 0.25) is 0 Å². The number of ether oxygens (including phenoxy) is 4. The third kappa shape index (κ3) is 6.65. The maximum absolute atomic E-state index is 11.2. The van der Waals surface area contributed by atoms with Gasteiger partial charge in [0.05, 0.1) is 33.5 Å². The lowest BCUT2D eigenvalue weighted by Crippen LogP contribution is -2.59. The Hall–Kier alpha value is -2.68. The lowest BCUT2D eigenvalue weighted by atomic mass is 9.81. The molecule has 1 aliphatic heterocycles. The molecule has 0 amide bonds. The van der Waals surface area contributed by atoms with Gasteiger partial charge in [-0.1, -0.05) is 12.1 Å². The van der Waals surface area contributed by atoms with E-state index in [1.807, 2.05) is 0 Å². The fourth-order valence-corrected chi connectivity index (χ4v) is 4.54. The van der Waals surface area contributed by atoms with Crippen molar-refractivity contribution in [2.24, 2.45) is 11.8 Å². The zero-order valence-electron chi connectivity index (χ0n) is 21.1. The van der Waals surface area contributed by atoms with Crippen LogP contribution in [0.4, 0.5) is 0 Å². The standard InChI is InChI=1S/C26H36O12/c1-35-19-8-13(3-5-17(19)29)7-15(12-37-26-25(34)24(33)23(32)21(11-28)38-26)16(10-27)22(31)14-4-6-18(30)20(9-14)36-2/h3-6,8-9,15-16,21-34H,7,10-12H2,1-2H3/t15-,16+,21-,22-,23-,24+,25-,26-/m1/s1. The highest BCUT2D eigenvalue weighted by molar-refractivity contribution is 5.43. The van der Waals surface area contributed by atoms with Crippen LogP contribution < -0.4 is 9.47 Å². The van der Waals surface area contributed by atoms with Gasteiger partial charge in [0, 0.05) is 12.5 Å². The molecule has 38 heavy (non-hydrogen) atoms. The SMILES string of the molecule is COc1cc(C[C@H](CO[C@@H]2O[C@H](CO)[C@@H](O)[C@H](O)[C@H]2O)[C@H](CO)[C@H](O)c2ccc(O)c(OC)c2)ccc1O. The summed E-state index contributed by atoms with van der Waals surface area (Å²) in [7, 11) is 2.76. The van der Waals surface area contributed by atoms with Crippen molar-refractivity contribution >= 4 is 0 Å². The number of rotatable bonds is 12. The van der Waals surface area contributed by atoms with Crippen LogP contribution in [0.1, 0.15) is 17.2 Å². The second kappa shape index (κ2) is 13.4. The van der Waals surface area contributed by atoms with E-state index in [2.05, 4.69) is 0 Å². The van der Waals surface area contributed by atoms with Crippen molar-refractivity contribution in [2.75, 3.05) is 34.0 Å². The highest BCUT2D eigenvalue weighted by Crippen LogP contribution is 2.36. The first-order valence-corrected chi connectivity index (χ1v) is 12.1. The molecule has 2 aromatic carbocycles. The van der Waals surface area contributed by atoms with Crippen LogP contribution in [-0.4, -0.2) is 106 Å². The summed E-state index contributed by atoms with van der Waals surface area (Å²) in [6.45, 7) is -1.30. The number of benzene rings is 2. The van der Waals surface area contributed by atoms with Crippen molar-refractivity contribution in [3.63, 3.8) is 0 Å². The van der Waals surface area contributed by atoms with Crippen molar-refractivity contribution in [3.8, 4) is 23.0 Å². The minimum atomic E-state index is -1.63. The molecule has 1 aliphatic rings. The maximum Gasteiger partial charge on any atom is 0.186 e. The number of methoxy groups -OCH3 is 2. The quantitative estimate of drug-likeness (QED) is 0.171. The summed E-state index contributed by atoms with van der Waals surface area (Å²) in [6, 6.07) is 8.98. The molecule has 3 rings (SSSR count). The van der Waals surface area contributed by atoms with Crippen LogP contribution in [0.3, 0.4) is 0 Å². The molecule has 0 spiro atoms. The number of phenols is 2. The van der Waals surface area contributed by atoms with Gasteiger partial charge in [-0.2, -0.15) is 0 Å². The highest BCUT2D eigenvalue weighted by atomic mass is 16.7. The average Bonchev–Trinajstić information content (AvgIpc) is 2.92. The first-order valence-electron chi connectivity index (χ1n) is 12.1. The van der Waals surface area contributed by atoms with E-state index >= 15 is 0 Å². The van der Waals surface area contributed by atoms with E-state index in [1.54, 1.807) is 12.1 Å². The molecule has 1 saturated heterocycles. The number of phenolic OH excluding ortho intramolecular Hbond substituents is 2. The van der Waals surface area contributed by atoms with Crippen LogP contribution in [-0.2, 0) is 15.9 Å². The number of hydrogen-bond donors (Lipinski definition) is 8. The number of aliphatic hydroxyl groups excluding tert-OH is 6. The average molecular weight is 541 g/mol. The van der Waals surface area contributed by atoms with Gasteiger partial charge in [0.1, 0.15) is 24.4 Å².